The Labute approximate surface area is 173 Å². The minimum absolute atomic E-state index is 0.101. The quantitative estimate of drug-likeness (QED) is 0.612. The van der Waals surface area contributed by atoms with Gasteiger partial charge in [0.15, 0.2) is 6.61 Å². The van der Waals surface area contributed by atoms with E-state index in [1.807, 2.05) is 34.9 Å². The molecule has 0 aliphatic carbocycles. The number of ketones is 1. The van der Waals surface area contributed by atoms with E-state index in [4.69, 9.17) is 22.1 Å². The fourth-order valence-corrected chi connectivity index (χ4v) is 4.06. The lowest BCUT2D eigenvalue weighted by Gasteiger charge is -2.20. The van der Waals surface area contributed by atoms with E-state index in [1.54, 1.807) is 24.3 Å². The first-order valence-electron chi connectivity index (χ1n) is 9.29. The molecule has 1 aliphatic heterocycles. The number of halogens is 1. The first-order valence-corrected chi connectivity index (χ1v) is 9.67. The first kappa shape index (κ1) is 19.2. The van der Waals surface area contributed by atoms with Gasteiger partial charge >= 0.3 is 0 Å². The summed E-state index contributed by atoms with van der Waals surface area (Å²) >= 11 is 6.61. The number of nitrogens with zero attached hydrogens (tertiary/aromatic N) is 1. The maximum absolute atomic E-state index is 13.0. The molecule has 2 aromatic carbocycles. The van der Waals surface area contributed by atoms with Crippen LogP contribution in [0.5, 0.6) is 5.75 Å². The minimum Gasteiger partial charge on any atom is -0.485 e. The number of primary amides is 1. The van der Waals surface area contributed by atoms with Crippen LogP contribution in [0.3, 0.4) is 0 Å². The smallest absolute Gasteiger partial charge is 0.252 e. The summed E-state index contributed by atoms with van der Waals surface area (Å²) in [7, 11) is 0. The van der Waals surface area contributed by atoms with Gasteiger partial charge in [-0.1, -0.05) is 54.1 Å². The number of rotatable bonds is 6. The van der Waals surface area contributed by atoms with E-state index in [1.165, 1.54) is 0 Å². The number of aromatic nitrogens is 1. The van der Waals surface area contributed by atoms with Crippen LogP contribution >= 0.6 is 11.6 Å². The molecular formula is C22H20ClN3O3. The maximum atomic E-state index is 13.0. The summed E-state index contributed by atoms with van der Waals surface area (Å²) in [4.78, 5) is 25.0. The predicted molar refractivity (Wildman–Crippen MR) is 111 cm³/mol. The molecule has 29 heavy (non-hydrogen) atoms. The van der Waals surface area contributed by atoms with Crippen molar-refractivity contribution in [2.45, 2.75) is 13.1 Å². The average Bonchev–Trinajstić information content (AvgIpc) is 3.04. The molecule has 1 aliphatic rings. The summed E-state index contributed by atoms with van der Waals surface area (Å²) in [6, 6.07) is 16.4. The van der Waals surface area contributed by atoms with E-state index >= 15 is 0 Å². The number of hydrogen-bond donors (Lipinski definition) is 2. The number of nitrogens with one attached hydrogen (secondary N) is 1. The molecule has 0 spiro atoms. The number of carbonyl (C=O) groups excluding carboxylic acids is 2. The fraction of sp³-hybridized carbons (Fsp3) is 0.182. The van der Waals surface area contributed by atoms with Crippen molar-refractivity contribution in [1.29, 1.82) is 0 Å². The molecule has 4 rings (SSSR count). The number of benzene rings is 2. The van der Waals surface area contributed by atoms with Crippen LogP contribution in [0.4, 0.5) is 0 Å². The van der Waals surface area contributed by atoms with Crippen LogP contribution in [0.1, 0.15) is 26.4 Å². The van der Waals surface area contributed by atoms with Gasteiger partial charge in [0.2, 0.25) is 5.78 Å². The standard InChI is InChI=1S/C22H20ClN3O3/c23-20-19(22(24)28)17-12-25-10-11-26(17)21(20)16-9-5-4-8-15(16)18(27)13-29-14-6-2-1-3-7-14/h1-9,25H,10-13H2,(H2,24,28). The van der Waals surface area contributed by atoms with Gasteiger partial charge in [-0.3, -0.25) is 9.59 Å². The zero-order valence-corrected chi connectivity index (χ0v) is 16.4. The van der Waals surface area contributed by atoms with Gasteiger partial charge in [0.25, 0.3) is 5.91 Å². The van der Waals surface area contributed by atoms with Crippen LogP contribution in [0.25, 0.3) is 11.3 Å². The van der Waals surface area contributed by atoms with Crippen LogP contribution in [-0.2, 0) is 13.1 Å². The van der Waals surface area contributed by atoms with E-state index in [2.05, 4.69) is 5.32 Å². The lowest BCUT2D eigenvalue weighted by molar-refractivity contribution is 0.0921. The van der Waals surface area contributed by atoms with Crippen LogP contribution < -0.4 is 15.8 Å². The summed E-state index contributed by atoms with van der Waals surface area (Å²) in [5.74, 6) is -0.130. The van der Waals surface area contributed by atoms with Crippen molar-refractivity contribution >= 4 is 23.3 Å². The summed E-state index contributed by atoms with van der Waals surface area (Å²) in [5.41, 5.74) is 8.42. The van der Waals surface area contributed by atoms with Gasteiger partial charge in [0, 0.05) is 36.5 Å². The number of hydrogen-bond acceptors (Lipinski definition) is 4. The third-order valence-corrected chi connectivity index (χ3v) is 5.33. The molecule has 0 radical (unpaired) electrons. The van der Waals surface area contributed by atoms with Crippen molar-refractivity contribution in [3.05, 3.63) is 76.4 Å². The van der Waals surface area contributed by atoms with Crippen LogP contribution in [0, 0.1) is 0 Å². The van der Waals surface area contributed by atoms with E-state index in [0.29, 0.717) is 41.2 Å². The minimum atomic E-state index is -0.579. The number of nitrogens with two attached hydrogens (primary N) is 1. The highest BCUT2D eigenvalue weighted by atomic mass is 35.5. The van der Waals surface area contributed by atoms with Gasteiger partial charge in [-0.05, 0) is 12.1 Å². The molecule has 0 unspecified atom stereocenters. The molecule has 1 aromatic heterocycles. The lowest BCUT2D eigenvalue weighted by Crippen LogP contribution is -2.30. The Kier molecular flexibility index (Phi) is 5.38. The van der Waals surface area contributed by atoms with Crippen molar-refractivity contribution < 1.29 is 14.3 Å². The van der Waals surface area contributed by atoms with Gasteiger partial charge < -0.3 is 20.4 Å². The number of Topliss-reactive ketones (excluding diaryl/α,β-unsaturated/α-hetero) is 1. The first-order chi connectivity index (χ1) is 14.1. The second kappa shape index (κ2) is 8.11. The van der Waals surface area contributed by atoms with Crippen LogP contribution in [0.2, 0.25) is 5.02 Å². The van der Waals surface area contributed by atoms with E-state index in [9.17, 15) is 9.59 Å². The molecule has 0 atom stereocenters. The van der Waals surface area contributed by atoms with Crippen LogP contribution in [0.15, 0.2) is 54.6 Å². The Morgan fingerprint density at radius 3 is 2.59 bits per heavy atom. The van der Waals surface area contributed by atoms with E-state index in [0.717, 1.165) is 12.2 Å². The number of ether oxygens (including phenoxy) is 1. The molecule has 0 saturated carbocycles. The molecular weight excluding hydrogens is 390 g/mol. The number of amides is 1. The Hall–Kier alpha value is -3.09. The number of fused-ring (bicyclic) bond motifs is 1. The molecule has 7 heteroatoms. The summed E-state index contributed by atoms with van der Waals surface area (Å²) in [6.45, 7) is 1.75. The fourth-order valence-electron chi connectivity index (χ4n) is 3.65. The highest BCUT2D eigenvalue weighted by Crippen LogP contribution is 2.38. The molecule has 148 valence electrons. The highest BCUT2D eigenvalue weighted by molar-refractivity contribution is 6.37. The zero-order chi connectivity index (χ0) is 20.4. The van der Waals surface area contributed by atoms with Crippen molar-refractivity contribution in [2.75, 3.05) is 13.2 Å². The van der Waals surface area contributed by atoms with E-state index < -0.39 is 5.91 Å². The van der Waals surface area contributed by atoms with Gasteiger partial charge in [-0.2, -0.15) is 0 Å². The molecule has 3 aromatic rings. The summed E-state index contributed by atoms with van der Waals surface area (Å²) in [5, 5.41) is 3.51. The Morgan fingerprint density at radius 2 is 1.83 bits per heavy atom. The van der Waals surface area contributed by atoms with Crippen LogP contribution in [-0.4, -0.2) is 29.4 Å². The van der Waals surface area contributed by atoms with Crippen molar-refractivity contribution in [1.82, 2.24) is 9.88 Å². The van der Waals surface area contributed by atoms with E-state index in [-0.39, 0.29) is 17.4 Å². The summed E-state index contributed by atoms with van der Waals surface area (Å²) in [6.07, 6.45) is 0. The largest absolute Gasteiger partial charge is 0.485 e. The molecule has 6 nitrogen and oxygen atoms in total. The molecule has 3 N–H and O–H groups in total. The SMILES string of the molecule is NC(=O)c1c(Cl)c(-c2ccccc2C(=O)COc2ccccc2)n2c1CNCC2. The summed E-state index contributed by atoms with van der Waals surface area (Å²) < 4.78 is 7.60. The van der Waals surface area contributed by atoms with Crippen molar-refractivity contribution in [3.8, 4) is 17.0 Å². The third kappa shape index (κ3) is 3.64. The molecule has 1 amide bonds. The Balaban J connectivity index is 1.74. The molecule has 2 heterocycles. The van der Waals surface area contributed by atoms with Gasteiger partial charge in [0.1, 0.15) is 5.75 Å². The second-order valence-electron chi connectivity index (χ2n) is 6.75. The molecule has 0 fully saturated rings. The monoisotopic (exact) mass is 409 g/mol. The third-order valence-electron chi connectivity index (χ3n) is 4.96. The van der Waals surface area contributed by atoms with Gasteiger partial charge in [-0.15, -0.1) is 0 Å². The number of para-hydroxylation sites is 1. The number of carbonyl (C=O) groups is 2. The van der Waals surface area contributed by atoms with Gasteiger partial charge in [0.05, 0.1) is 16.3 Å². The topological polar surface area (TPSA) is 86.3 Å². The van der Waals surface area contributed by atoms with Crippen molar-refractivity contribution in [3.63, 3.8) is 0 Å². The van der Waals surface area contributed by atoms with Gasteiger partial charge in [-0.25, -0.2) is 0 Å². The Morgan fingerprint density at radius 1 is 1.10 bits per heavy atom. The molecule has 0 bridgehead atoms. The zero-order valence-electron chi connectivity index (χ0n) is 15.7. The maximum Gasteiger partial charge on any atom is 0.252 e. The normalized spacial score (nSPS) is 13.0. The molecule has 0 saturated heterocycles. The average molecular weight is 410 g/mol. The lowest BCUT2D eigenvalue weighted by atomic mass is 10.0. The van der Waals surface area contributed by atoms with Crippen molar-refractivity contribution in [2.24, 2.45) is 5.73 Å². The second-order valence-corrected chi connectivity index (χ2v) is 7.13. The Bertz CT molecular complexity index is 1080. The predicted octanol–water partition coefficient (Wildman–Crippen LogP) is 3.27. The highest BCUT2D eigenvalue weighted by Gasteiger charge is 2.29.